The van der Waals surface area contributed by atoms with Crippen molar-refractivity contribution in [1.29, 1.82) is 0 Å². The van der Waals surface area contributed by atoms with Crippen molar-refractivity contribution in [2.24, 2.45) is 0 Å². The van der Waals surface area contributed by atoms with E-state index in [1.807, 2.05) is 25.1 Å². The number of ketones is 2. The predicted molar refractivity (Wildman–Crippen MR) is 113 cm³/mol. The Morgan fingerprint density at radius 2 is 1.63 bits per heavy atom. The molecule has 0 saturated carbocycles. The summed E-state index contributed by atoms with van der Waals surface area (Å²) in [5, 5.41) is 0.826. The van der Waals surface area contributed by atoms with Gasteiger partial charge in [-0.25, -0.2) is 0 Å². The molecule has 0 atom stereocenters. The number of hydrazine groups is 1. The summed E-state index contributed by atoms with van der Waals surface area (Å²) in [6.07, 6.45) is 0.142. The van der Waals surface area contributed by atoms with E-state index in [1.54, 1.807) is 25.1 Å². The van der Waals surface area contributed by atoms with Gasteiger partial charge in [0.2, 0.25) is 5.91 Å². The van der Waals surface area contributed by atoms with E-state index in [2.05, 4.69) is 10.9 Å². The maximum absolute atomic E-state index is 12.3. The van der Waals surface area contributed by atoms with Gasteiger partial charge < -0.3 is 4.42 Å². The van der Waals surface area contributed by atoms with Crippen molar-refractivity contribution in [1.82, 2.24) is 10.9 Å². The van der Waals surface area contributed by atoms with Crippen LogP contribution in [0.15, 0.2) is 40.8 Å². The van der Waals surface area contributed by atoms with Gasteiger partial charge in [0, 0.05) is 41.5 Å². The van der Waals surface area contributed by atoms with Gasteiger partial charge in [0.1, 0.15) is 11.4 Å². The maximum atomic E-state index is 12.3. The van der Waals surface area contributed by atoms with Crippen LogP contribution in [0.2, 0.25) is 0 Å². The fourth-order valence-electron chi connectivity index (χ4n) is 2.98. The summed E-state index contributed by atoms with van der Waals surface area (Å²) in [7, 11) is 0. The third-order valence-electron chi connectivity index (χ3n) is 4.64. The summed E-state index contributed by atoms with van der Waals surface area (Å²) in [5.74, 6) is -1.19. The minimum absolute atomic E-state index is 0.00210. The molecule has 2 aromatic heterocycles. The van der Waals surface area contributed by atoms with Crippen molar-refractivity contribution in [2.75, 3.05) is 0 Å². The Hall–Kier alpha value is -3.26. The number of thiophene rings is 1. The molecule has 0 fully saturated rings. The molecule has 0 aliphatic heterocycles. The molecule has 7 nitrogen and oxygen atoms in total. The van der Waals surface area contributed by atoms with E-state index >= 15 is 0 Å². The van der Waals surface area contributed by atoms with Crippen LogP contribution in [0, 0.1) is 13.8 Å². The van der Waals surface area contributed by atoms with Gasteiger partial charge in [-0.1, -0.05) is 18.2 Å². The van der Waals surface area contributed by atoms with Crippen LogP contribution in [0.3, 0.4) is 0 Å². The number of hydrogen-bond donors (Lipinski definition) is 2. The SMILES string of the molecule is Cc1ccc(C(=O)CCC(=O)CCC(=O)NNC(=O)c2oc3ccccc3c2C)s1. The number of fused-ring (bicyclic) bond motifs is 1. The van der Waals surface area contributed by atoms with Gasteiger partial charge in [-0.3, -0.25) is 30.0 Å². The molecule has 0 saturated heterocycles. The number of benzene rings is 1. The number of amides is 2. The molecule has 0 aliphatic carbocycles. The number of rotatable bonds is 8. The molecule has 3 rings (SSSR count). The first-order chi connectivity index (χ1) is 14.3. The lowest BCUT2D eigenvalue weighted by molar-refractivity contribution is -0.125. The molecule has 1 aromatic carbocycles. The van der Waals surface area contributed by atoms with Crippen LogP contribution in [0.25, 0.3) is 11.0 Å². The molecule has 2 heterocycles. The molecular formula is C22H22N2O5S. The van der Waals surface area contributed by atoms with Gasteiger partial charge in [0.05, 0.1) is 4.88 Å². The number of nitrogens with one attached hydrogen (secondary N) is 2. The lowest BCUT2D eigenvalue weighted by Crippen LogP contribution is -2.41. The minimum Gasteiger partial charge on any atom is -0.451 e. The highest BCUT2D eigenvalue weighted by Gasteiger charge is 2.18. The summed E-state index contributed by atoms with van der Waals surface area (Å²) in [6, 6.07) is 10.9. The highest BCUT2D eigenvalue weighted by Crippen LogP contribution is 2.24. The van der Waals surface area contributed by atoms with E-state index in [4.69, 9.17) is 4.42 Å². The van der Waals surface area contributed by atoms with E-state index in [0.29, 0.717) is 16.0 Å². The van der Waals surface area contributed by atoms with E-state index in [-0.39, 0.29) is 43.0 Å². The monoisotopic (exact) mass is 426 g/mol. The second-order valence-electron chi connectivity index (χ2n) is 6.93. The average molecular weight is 426 g/mol. The smallest absolute Gasteiger partial charge is 0.305 e. The summed E-state index contributed by atoms with van der Waals surface area (Å²) in [5.41, 5.74) is 5.85. The van der Waals surface area contributed by atoms with Crippen LogP contribution >= 0.6 is 11.3 Å². The Morgan fingerprint density at radius 1 is 0.900 bits per heavy atom. The highest BCUT2D eigenvalue weighted by atomic mass is 32.1. The molecule has 0 radical (unpaired) electrons. The fourth-order valence-corrected chi connectivity index (χ4v) is 3.81. The van der Waals surface area contributed by atoms with E-state index in [0.717, 1.165) is 10.3 Å². The number of carbonyl (C=O) groups is 4. The molecular weight excluding hydrogens is 404 g/mol. The molecule has 0 unspecified atom stereocenters. The third kappa shape index (κ3) is 5.21. The first-order valence-electron chi connectivity index (χ1n) is 9.54. The second kappa shape index (κ2) is 9.49. The van der Waals surface area contributed by atoms with Crippen molar-refractivity contribution < 1.29 is 23.6 Å². The van der Waals surface area contributed by atoms with Crippen LogP contribution in [0.1, 0.15) is 56.4 Å². The summed E-state index contributed by atoms with van der Waals surface area (Å²) >= 11 is 1.40. The van der Waals surface area contributed by atoms with E-state index < -0.39 is 11.8 Å². The molecule has 156 valence electrons. The Bertz CT molecular complexity index is 1110. The van der Waals surface area contributed by atoms with Crippen molar-refractivity contribution in [3.8, 4) is 0 Å². The standard InChI is InChI=1S/C22H22N2O5S/c1-13-7-11-19(30-13)17(26)10-8-15(25)9-12-20(27)23-24-22(28)21-14(2)16-5-3-4-6-18(16)29-21/h3-7,11H,8-10,12H2,1-2H3,(H,23,27)(H,24,28). The third-order valence-corrected chi connectivity index (χ3v) is 5.68. The van der Waals surface area contributed by atoms with Gasteiger partial charge in [-0.2, -0.15) is 0 Å². The molecule has 2 N–H and O–H groups in total. The minimum atomic E-state index is -0.569. The van der Waals surface area contributed by atoms with Crippen molar-refractivity contribution in [3.05, 3.63) is 57.5 Å². The number of Topliss-reactive ketones (excluding diaryl/α,β-unsaturated/α-hetero) is 2. The molecule has 30 heavy (non-hydrogen) atoms. The zero-order valence-electron chi connectivity index (χ0n) is 16.7. The quantitative estimate of drug-likeness (QED) is 0.420. The Morgan fingerprint density at radius 3 is 2.33 bits per heavy atom. The molecule has 2 amide bonds. The predicted octanol–water partition coefficient (Wildman–Crippen LogP) is 3.88. The normalized spacial score (nSPS) is 10.7. The van der Waals surface area contributed by atoms with E-state index in [1.165, 1.54) is 11.3 Å². The number of aryl methyl sites for hydroxylation is 2. The molecule has 3 aromatic rings. The van der Waals surface area contributed by atoms with Crippen molar-refractivity contribution in [3.63, 3.8) is 0 Å². The van der Waals surface area contributed by atoms with Gasteiger partial charge >= 0.3 is 5.91 Å². The average Bonchev–Trinajstić information content (AvgIpc) is 3.32. The largest absolute Gasteiger partial charge is 0.451 e. The van der Waals surface area contributed by atoms with Crippen molar-refractivity contribution >= 4 is 45.7 Å². The van der Waals surface area contributed by atoms with Crippen molar-refractivity contribution in [2.45, 2.75) is 39.5 Å². The lowest BCUT2D eigenvalue weighted by Gasteiger charge is -2.06. The summed E-state index contributed by atoms with van der Waals surface area (Å²) in [4.78, 5) is 49.9. The maximum Gasteiger partial charge on any atom is 0.305 e. The van der Waals surface area contributed by atoms with Gasteiger partial charge in [-0.05, 0) is 32.0 Å². The Kier molecular flexibility index (Phi) is 6.79. The van der Waals surface area contributed by atoms with Gasteiger partial charge in [0.15, 0.2) is 11.5 Å². The second-order valence-corrected chi connectivity index (χ2v) is 8.21. The van der Waals surface area contributed by atoms with E-state index in [9.17, 15) is 19.2 Å². The molecule has 8 heteroatoms. The van der Waals surface area contributed by atoms with Crippen LogP contribution in [0.5, 0.6) is 0 Å². The number of hydrogen-bond acceptors (Lipinski definition) is 6. The molecule has 0 aliphatic rings. The van der Waals surface area contributed by atoms with Gasteiger partial charge in [-0.15, -0.1) is 11.3 Å². The summed E-state index contributed by atoms with van der Waals surface area (Å²) in [6.45, 7) is 3.68. The number of para-hydroxylation sites is 1. The topological polar surface area (TPSA) is 105 Å². The number of carbonyl (C=O) groups excluding carboxylic acids is 4. The highest BCUT2D eigenvalue weighted by molar-refractivity contribution is 7.14. The first kappa shape index (κ1) is 21.4. The fraction of sp³-hybridized carbons (Fsp3) is 0.273. The van der Waals surface area contributed by atoms with Crippen LogP contribution in [0.4, 0.5) is 0 Å². The Labute approximate surface area is 177 Å². The summed E-state index contributed by atoms with van der Waals surface area (Å²) < 4.78 is 5.53. The zero-order chi connectivity index (χ0) is 21.7. The lowest BCUT2D eigenvalue weighted by atomic mass is 10.1. The molecule has 0 bridgehead atoms. The Balaban J connectivity index is 1.40. The van der Waals surface area contributed by atoms with Crippen LogP contribution in [-0.4, -0.2) is 23.4 Å². The van der Waals surface area contributed by atoms with Crippen LogP contribution < -0.4 is 10.9 Å². The van der Waals surface area contributed by atoms with Gasteiger partial charge in [0.25, 0.3) is 0 Å². The zero-order valence-corrected chi connectivity index (χ0v) is 17.6. The first-order valence-corrected chi connectivity index (χ1v) is 10.4. The molecule has 0 spiro atoms. The van der Waals surface area contributed by atoms with Crippen LogP contribution in [-0.2, 0) is 9.59 Å². The number of furan rings is 1.